The molecular formula is C14H15NO. The predicted molar refractivity (Wildman–Crippen MR) is 64.2 cm³/mol. The Kier molecular flexibility index (Phi) is 2.96. The van der Waals surface area contributed by atoms with Gasteiger partial charge in [0.25, 0.3) is 5.91 Å². The van der Waals surface area contributed by atoms with Crippen molar-refractivity contribution in [1.29, 1.82) is 0 Å². The molecular weight excluding hydrogens is 198 g/mol. The molecule has 2 nitrogen and oxygen atoms in total. The molecule has 1 aromatic carbocycles. The Balaban J connectivity index is 2.16. The largest absolute Gasteiger partial charge is 0.339 e. The third-order valence-corrected chi connectivity index (χ3v) is 2.96. The summed E-state index contributed by atoms with van der Waals surface area (Å²) in [6.45, 7) is 1.80. The van der Waals surface area contributed by atoms with E-state index in [1.54, 1.807) is 6.92 Å². The summed E-state index contributed by atoms with van der Waals surface area (Å²) in [4.78, 5) is 11.8. The molecule has 1 N–H and O–H groups in total. The number of nitrogens with one attached hydrogen (secondary N) is 1. The van der Waals surface area contributed by atoms with Crippen molar-refractivity contribution >= 4 is 5.91 Å². The summed E-state index contributed by atoms with van der Waals surface area (Å²) in [5.41, 5.74) is 3.39. The van der Waals surface area contributed by atoms with Crippen molar-refractivity contribution in [2.45, 2.75) is 32.2 Å². The van der Waals surface area contributed by atoms with Crippen molar-refractivity contribution in [3.8, 4) is 12.3 Å². The van der Waals surface area contributed by atoms with Gasteiger partial charge in [-0.25, -0.2) is 0 Å². The monoisotopic (exact) mass is 213 g/mol. The summed E-state index contributed by atoms with van der Waals surface area (Å²) in [6.07, 6.45) is 8.64. The van der Waals surface area contributed by atoms with Crippen LogP contribution in [-0.2, 0) is 12.8 Å². The lowest BCUT2D eigenvalue weighted by atomic mass is 10.1. The van der Waals surface area contributed by atoms with E-state index in [1.807, 2.05) is 12.1 Å². The van der Waals surface area contributed by atoms with Gasteiger partial charge in [-0.3, -0.25) is 4.79 Å². The first-order valence-corrected chi connectivity index (χ1v) is 5.59. The van der Waals surface area contributed by atoms with Crippen LogP contribution in [0.4, 0.5) is 0 Å². The smallest absolute Gasteiger partial charge is 0.252 e. The number of benzene rings is 1. The molecule has 0 aliphatic heterocycles. The van der Waals surface area contributed by atoms with Gasteiger partial charge in [0.1, 0.15) is 0 Å². The molecule has 1 aromatic rings. The second kappa shape index (κ2) is 4.40. The minimum Gasteiger partial charge on any atom is -0.339 e. The highest BCUT2D eigenvalue weighted by molar-refractivity contribution is 5.94. The number of hydrogen-bond donors (Lipinski definition) is 1. The number of hydrogen-bond acceptors (Lipinski definition) is 1. The molecule has 0 heterocycles. The molecule has 1 atom stereocenters. The highest BCUT2D eigenvalue weighted by Gasteiger charge is 2.14. The molecule has 2 heteroatoms. The molecule has 1 aliphatic rings. The Morgan fingerprint density at radius 3 is 2.94 bits per heavy atom. The minimum absolute atomic E-state index is 0.0832. The molecule has 2 rings (SSSR count). The van der Waals surface area contributed by atoms with E-state index in [2.05, 4.69) is 17.3 Å². The van der Waals surface area contributed by atoms with Crippen LogP contribution in [0, 0.1) is 12.3 Å². The first kappa shape index (κ1) is 10.8. The number of fused-ring (bicyclic) bond motifs is 1. The standard InChI is InChI=1S/C14H15NO/c1-3-10(2)15-14(16)13-8-7-11-5-4-6-12(11)9-13/h1,7-10H,4-6H2,2H3,(H,15,16). The van der Waals surface area contributed by atoms with Crippen molar-refractivity contribution in [3.05, 3.63) is 34.9 Å². The highest BCUT2D eigenvalue weighted by atomic mass is 16.1. The van der Waals surface area contributed by atoms with Crippen molar-refractivity contribution in [2.75, 3.05) is 0 Å². The molecule has 0 spiro atoms. The fraction of sp³-hybridized carbons (Fsp3) is 0.357. The van der Waals surface area contributed by atoms with Crippen LogP contribution in [0.15, 0.2) is 18.2 Å². The number of terminal acetylenes is 1. The highest BCUT2D eigenvalue weighted by Crippen LogP contribution is 2.22. The minimum atomic E-state index is -0.222. The summed E-state index contributed by atoms with van der Waals surface area (Å²) >= 11 is 0. The van der Waals surface area contributed by atoms with Crippen molar-refractivity contribution in [1.82, 2.24) is 5.32 Å². The van der Waals surface area contributed by atoms with Crippen molar-refractivity contribution in [3.63, 3.8) is 0 Å². The molecule has 1 amide bonds. The molecule has 1 unspecified atom stereocenters. The number of carbonyl (C=O) groups excluding carboxylic acids is 1. The first-order chi connectivity index (χ1) is 7.70. The van der Waals surface area contributed by atoms with Gasteiger partial charge in [0.2, 0.25) is 0 Å². The normalized spacial score (nSPS) is 15.0. The van der Waals surface area contributed by atoms with Gasteiger partial charge < -0.3 is 5.32 Å². The van der Waals surface area contributed by atoms with E-state index >= 15 is 0 Å². The molecule has 0 bridgehead atoms. The van der Waals surface area contributed by atoms with Crippen LogP contribution in [0.1, 0.15) is 34.8 Å². The fourth-order valence-electron chi connectivity index (χ4n) is 2.03. The van der Waals surface area contributed by atoms with Crippen LogP contribution >= 0.6 is 0 Å². The van der Waals surface area contributed by atoms with Gasteiger partial charge in [0.15, 0.2) is 0 Å². The Morgan fingerprint density at radius 1 is 1.44 bits per heavy atom. The van der Waals surface area contributed by atoms with Crippen LogP contribution in [0.3, 0.4) is 0 Å². The zero-order valence-corrected chi connectivity index (χ0v) is 9.42. The number of rotatable bonds is 2. The van der Waals surface area contributed by atoms with E-state index in [0.29, 0.717) is 5.56 Å². The second-order valence-corrected chi connectivity index (χ2v) is 4.20. The van der Waals surface area contributed by atoms with E-state index < -0.39 is 0 Å². The zero-order valence-electron chi connectivity index (χ0n) is 9.42. The van der Waals surface area contributed by atoms with Gasteiger partial charge in [0.05, 0.1) is 6.04 Å². The lowest BCUT2D eigenvalue weighted by molar-refractivity contribution is 0.0948. The Morgan fingerprint density at radius 2 is 2.19 bits per heavy atom. The second-order valence-electron chi connectivity index (χ2n) is 4.20. The summed E-state index contributed by atoms with van der Waals surface area (Å²) in [5, 5.41) is 2.76. The SMILES string of the molecule is C#CC(C)NC(=O)c1ccc2c(c1)CCC2. The molecule has 16 heavy (non-hydrogen) atoms. The van der Waals surface area contributed by atoms with E-state index in [-0.39, 0.29) is 11.9 Å². The van der Waals surface area contributed by atoms with Crippen LogP contribution in [0.5, 0.6) is 0 Å². The van der Waals surface area contributed by atoms with Crippen molar-refractivity contribution in [2.24, 2.45) is 0 Å². The third-order valence-electron chi connectivity index (χ3n) is 2.96. The average Bonchev–Trinajstić information content (AvgIpc) is 2.75. The third kappa shape index (κ3) is 2.09. The molecule has 0 saturated carbocycles. The summed E-state index contributed by atoms with van der Waals surface area (Å²) in [5.74, 6) is 2.40. The molecule has 0 aromatic heterocycles. The number of carbonyl (C=O) groups is 1. The maximum absolute atomic E-state index is 11.8. The predicted octanol–water partition coefficient (Wildman–Crippen LogP) is 1.93. The zero-order chi connectivity index (χ0) is 11.5. The lowest BCUT2D eigenvalue weighted by Gasteiger charge is -2.08. The Bertz CT molecular complexity index is 456. The van der Waals surface area contributed by atoms with Gasteiger partial charge in [-0.05, 0) is 49.4 Å². The lowest BCUT2D eigenvalue weighted by Crippen LogP contribution is -2.31. The summed E-state index contributed by atoms with van der Waals surface area (Å²) < 4.78 is 0. The van der Waals surface area contributed by atoms with Gasteiger partial charge in [-0.2, -0.15) is 0 Å². The van der Waals surface area contributed by atoms with E-state index in [1.165, 1.54) is 17.5 Å². The van der Waals surface area contributed by atoms with Gasteiger partial charge in [-0.15, -0.1) is 6.42 Å². The van der Waals surface area contributed by atoms with Crippen LogP contribution in [0.2, 0.25) is 0 Å². The van der Waals surface area contributed by atoms with Crippen LogP contribution in [-0.4, -0.2) is 11.9 Å². The number of amides is 1. The fourth-order valence-corrected chi connectivity index (χ4v) is 2.03. The molecule has 1 aliphatic carbocycles. The van der Waals surface area contributed by atoms with Crippen LogP contribution < -0.4 is 5.32 Å². The van der Waals surface area contributed by atoms with Gasteiger partial charge >= 0.3 is 0 Å². The topological polar surface area (TPSA) is 29.1 Å². The molecule has 0 saturated heterocycles. The quantitative estimate of drug-likeness (QED) is 0.747. The Labute approximate surface area is 96.1 Å². The number of aryl methyl sites for hydroxylation is 2. The van der Waals surface area contributed by atoms with Crippen LogP contribution in [0.25, 0.3) is 0 Å². The van der Waals surface area contributed by atoms with E-state index in [0.717, 1.165) is 12.8 Å². The van der Waals surface area contributed by atoms with Crippen molar-refractivity contribution < 1.29 is 4.79 Å². The van der Waals surface area contributed by atoms with E-state index in [9.17, 15) is 4.79 Å². The van der Waals surface area contributed by atoms with Gasteiger partial charge in [0, 0.05) is 5.56 Å². The maximum Gasteiger partial charge on any atom is 0.252 e. The molecule has 82 valence electrons. The summed E-state index contributed by atoms with van der Waals surface area (Å²) in [7, 11) is 0. The molecule has 0 radical (unpaired) electrons. The van der Waals surface area contributed by atoms with E-state index in [4.69, 9.17) is 6.42 Å². The van der Waals surface area contributed by atoms with Gasteiger partial charge in [-0.1, -0.05) is 12.0 Å². The maximum atomic E-state index is 11.8. The summed E-state index contributed by atoms with van der Waals surface area (Å²) in [6, 6.07) is 5.70. The molecule has 0 fully saturated rings. The first-order valence-electron chi connectivity index (χ1n) is 5.59. The average molecular weight is 213 g/mol. The Hall–Kier alpha value is -1.75.